The van der Waals surface area contributed by atoms with Crippen LogP contribution in [0.5, 0.6) is 0 Å². The Morgan fingerprint density at radius 3 is 2.81 bits per heavy atom. The molecule has 3 fully saturated rings. The Morgan fingerprint density at radius 2 is 2.16 bits per heavy atom. The minimum absolute atomic E-state index is 0.00213. The molecule has 37 heavy (non-hydrogen) atoms. The van der Waals surface area contributed by atoms with Crippen molar-refractivity contribution < 1.29 is 24.3 Å². The zero-order valence-electron chi connectivity index (χ0n) is 20.6. The van der Waals surface area contributed by atoms with E-state index < -0.39 is 17.9 Å². The number of carbonyl (C=O) groups excluding carboxylic acids is 3. The average Bonchev–Trinajstić information content (AvgIpc) is 3.63. The third-order valence-corrected chi connectivity index (χ3v) is 9.15. The highest BCUT2D eigenvalue weighted by molar-refractivity contribution is 8.03. The molecule has 4 aliphatic rings. The van der Waals surface area contributed by atoms with Crippen molar-refractivity contribution in [1.29, 1.82) is 0 Å². The summed E-state index contributed by atoms with van der Waals surface area (Å²) in [7, 11) is 0. The molecule has 200 valence electrons. The van der Waals surface area contributed by atoms with Gasteiger partial charge in [-0.2, -0.15) is 0 Å². The van der Waals surface area contributed by atoms with E-state index in [1.54, 1.807) is 11.8 Å². The molecule has 0 spiro atoms. The van der Waals surface area contributed by atoms with Gasteiger partial charge in [0.2, 0.25) is 17.7 Å². The first-order chi connectivity index (χ1) is 17.7. The van der Waals surface area contributed by atoms with Crippen LogP contribution in [0, 0.1) is 11.8 Å². The summed E-state index contributed by atoms with van der Waals surface area (Å²) in [6.07, 6.45) is 2.69. The van der Waals surface area contributed by atoms with E-state index in [1.165, 1.54) is 27.7 Å². The zero-order valence-corrected chi connectivity index (χ0v) is 21.4. The zero-order chi connectivity index (χ0) is 26.4. The number of carbonyl (C=O) groups is 4. The van der Waals surface area contributed by atoms with Gasteiger partial charge in [0, 0.05) is 47.8 Å². The Balaban J connectivity index is 1.23. The summed E-state index contributed by atoms with van der Waals surface area (Å²) in [6.45, 7) is 5.37. The average molecular weight is 534 g/mol. The smallest absolute Gasteiger partial charge is 0.353 e. The molecule has 0 unspecified atom stereocenters. The Labute approximate surface area is 217 Å². The van der Waals surface area contributed by atoms with Crippen LogP contribution in [0.1, 0.15) is 26.7 Å². The van der Waals surface area contributed by atoms with Gasteiger partial charge < -0.3 is 31.3 Å². The van der Waals surface area contributed by atoms with Crippen molar-refractivity contribution in [3.8, 4) is 0 Å². The van der Waals surface area contributed by atoms with Gasteiger partial charge in [0.25, 0.3) is 0 Å². The number of carboxylic acids is 1. The Hall–Kier alpha value is -3.04. The summed E-state index contributed by atoms with van der Waals surface area (Å²) < 4.78 is 1.28. The number of aliphatic carboxylic acids is 1. The normalized spacial score (nSPS) is 31.9. The van der Waals surface area contributed by atoms with Crippen LogP contribution < -0.4 is 16.4 Å². The number of β-lactam (4-membered cyclic amide) rings is 1. The number of amides is 3. The molecule has 3 saturated heterocycles. The minimum Gasteiger partial charge on any atom is -0.477 e. The number of nitrogens with two attached hydrogens (primary N) is 1. The monoisotopic (exact) mass is 533 g/mol. The molecule has 0 aromatic carbocycles. The van der Waals surface area contributed by atoms with Crippen LogP contribution in [0.3, 0.4) is 0 Å². The molecule has 5 heterocycles. The summed E-state index contributed by atoms with van der Waals surface area (Å²) in [5.41, 5.74) is 5.95. The molecule has 0 aliphatic carbocycles. The number of fused-ring (bicyclic) bond motifs is 1. The van der Waals surface area contributed by atoms with Crippen molar-refractivity contribution >= 4 is 35.5 Å². The number of nitrogens with one attached hydrogen (secondary N) is 2. The molecule has 14 nitrogen and oxygen atoms in total. The second-order valence-electron chi connectivity index (χ2n) is 10.2. The van der Waals surface area contributed by atoms with Gasteiger partial charge in [0.05, 0.1) is 18.0 Å². The molecule has 1 aromatic rings. The first-order valence-electron chi connectivity index (χ1n) is 12.4. The number of rotatable bonds is 8. The Morgan fingerprint density at radius 1 is 1.38 bits per heavy atom. The summed E-state index contributed by atoms with van der Waals surface area (Å²) in [4.78, 5) is 54.4. The van der Waals surface area contributed by atoms with Gasteiger partial charge >= 0.3 is 5.97 Å². The highest BCUT2D eigenvalue weighted by Gasteiger charge is 2.60. The predicted molar refractivity (Wildman–Crippen MR) is 130 cm³/mol. The first kappa shape index (κ1) is 25.6. The number of hydrogen-bond acceptors (Lipinski definition) is 10. The lowest BCUT2D eigenvalue weighted by Gasteiger charge is -2.47. The lowest BCUT2D eigenvalue weighted by Crippen LogP contribution is -2.66. The summed E-state index contributed by atoms with van der Waals surface area (Å²) in [6, 6.07) is -1.17. The third kappa shape index (κ3) is 4.70. The SMILES string of the molecule is C[C@@H](NC(=O)Cn1cnnn1)[C@H]1C(=O)N2C(C(=O)O)=C(S[C@@H]3CN[C@H](C(=O)N4CC[C@H](N)C4)C3)[C@H](C)[C@H]12. The summed E-state index contributed by atoms with van der Waals surface area (Å²) in [5.74, 6) is -2.54. The van der Waals surface area contributed by atoms with Crippen molar-refractivity contribution in [2.45, 2.75) is 62.7 Å². The van der Waals surface area contributed by atoms with E-state index in [-0.39, 0.29) is 59.3 Å². The molecule has 4 aliphatic heterocycles. The minimum atomic E-state index is -1.15. The van der Waals surface area contributed by atoms with Gasteiger partial charge in [0.15, 0.2) is 0 Å². The molecular weight excluding hydrogens is 502 g/mol. The highest BCUT2D eigenvalue weighted by atomic mass is 32.2. The van der Waals surface area contributed by atoms with Crippen LogP contribution in [-0.4, -0.2) is 108 Å². The molecule has 3 amide bonds. The number of nitrogens with zero attached hydrogens (tertiary/aromatic N) is 6. The molecule has 0 saturated carbocycles. The fraction of sp³-hybridized carbons (Fsp3) is 0.682. The lowest BCUT2D eigenvalue weighted by atomic mass is 9.78. The van der Waals surface area contributed by atoms with Crippen LogP contribution in [0.25, 0.3) is 0 Å². The fourth-order valence-corrected chi connectivity index (χ4v) is 7.33. The van der Waals surface area contributed by atoms with E-state index in [2.05, 4.69) is 26.2 Å². The van der Waals surface area contributed by atoms with Gasteiger partial charge in [-0.1, -0.05) is 6.92 Å². The third-order valence-electron chi connectivity index (χ3n) is 7.63. The summed E-state index contributed by atoms with van der Waals surface area (Å²) >= 11 is 1.44. The molecular formula is C22H31N9O5S. The first-order valence-corrected chi connectivity index (χ1v) is 13.3. The number of carboxylic acid groups (broad SMARTS) is 1. The van der Waals surface area contributed by atoms with Crippen molar-refractivity contribution in [2.75, 3.05) is 19.6 Å². The Kier molecular flexibility index (Phi) is 6.93. The Bertz CT molecular complexity index is 1130. The van der Waals surface area contributed by atoms with Gasteiger partial charge in [-0.05, 0) is 30.2 Å². The van der Waals surface area contributed by atoms with Crippen LogP contribution in [0.15, 0.2) is 16.9 Å². The molecule has 5 rings (SSSR count). The maximum absolute atomic E-state index is 13.1. The molecule has 15 heteroatoms. The topological polar surface area (TPSA) is 189 Å². The quantitative estimate of drug-likeness (QED) is 0.270. The number of thioether (sulfide) groups is 1. The summed E-state index contributed by atoms with van der Waals surface area (Å²) in [5, 5.41) is 26.7. The van der Waals surface area contributed by atoms with Crippen LogP contribution in [0.2, 0.25) is 0 Å². The molecule has 0 radical (unpaired) electrons. The number of hydrogen-bond donors (Lipinski definition) is 4. The maximum atomic E-state index is 13.1. The number of tetrazole rings is 1. The van der Waals surface area contributed by atoms with E-state index >= 15 is 0 Å². The second kappa shape index (κ2) is 10.0. The maximum Gasteiger partial charge on any atom is 0.353 e. The van der Waals surface area contributed by atoms with Gasteiger partial charge in [-0.15, -0.1) is 16.9 Å². The van der Waals surface area contributed by atoms with Gasteiger partial charge in [0.1, 0.15) is 18.6 Å². The van der Waals surface area contributed by atoms with E-state index in [9.17, 15) is 24.3 Å². The largest absolute Gasteiger partial charge is 0.477 e. The van der Waals surface area contributed by atoms with Crippen molar-refractivity contribution in [3.05, 3.63) is 16.9 Å². The highest BCUT2D eigenvalue weighted by Crippen LogP contribution is 2.51. The molecule has 0 bridgehead atoms. The fourth-order valence-electron chi connectivity index (χ4n) is 5.85. The van der Waals surface area contributed by atoms with Crippen LogP contribution in [-0.2, 0) is 25.7 Å². The van der Waals surface area contributed by atoms with Crippen LogP contribution in [0.4, 0.5) is 0 Å². The predicted octanol–water partition coefficient (Wildman–Crippen LogP) is -2.03. The van der Waals surface area contributed by atoms with E-state index in [4.69, 9.17) is 5.73 Å². The molecule has 5 N–H and O–H groups in total. The van der Waals surface area contributed by atoms with Crippen molar-refractivity contribution in [2.24, 2.45) is 17.6 Å². The van der Waals surface area contributed by atoms with E-state index in [0.717, 1.165) is 6.42 Å². The van der Waals surface area contributed by atoms with Crippen molar-refractivity contribution in [3.63, 3.8) is 0 Å². The number of aromatic nitrogens is 4. The number of likely N-dealkylation sites (tertiary alicyclic amines) is 1. The van der Waals surface area contributed by atoms with Gasteiger partial charge in [-0.3, -0.25) is 14.4 Å². The van der Waals surface area contributed by atoms with E-state index in [1.807, 2.05) is 6.92 Å². The van der Waals surface area contributed by atoms with E-state index in [0.29, 0.717) is 31.0 Å². The molecule has 1 aromatic heterocycles. The molecule has 7 atom stereocenters. The second-order valence-corrected chi connectivity index (χ2v) is 11.5. The standard InChI is InChI=1S/C22H31N9O5S/c1-10-17-16(11(2)26-15(32)8-30-9-25-27-28-30)21(34)31(17)18(22(35)36)19(10)37-13-5-14(24-6-13)20(33)29-4-3-12(23)7-29/h9-14,16-17,24H,3-8,23H2,1-2H3,(H,26,32)(H,35,36)/t10-,11-,12+,13+,14+,16-,17-/m1/s1. The lowest BCUT2D eigenvalue weighted by molar-refractivity contribution is -0.158. The van der Waals surface area contributed by atoms with Gasteiger partial charge in [-0.25, -0.2) is 9.48 Å². The van der Waals surface area contributed by atoms with Crippen molar-refractivity contribution in [1.82, 2.24) is 40.6 Å². The van der Waals surface area contributed by atoms with Crippen LogP contribution >= 0.6 is 11.8 Å².